The van der Waals surface area contributed by atoms with E-state index in [4.69, 9.17) is 0 Å². The highest BCUT2D eigenvalue weighted by atomic mass is 32.1. The van der Waals surface area contributed by atoms with Gasteiger partial charge in [0.05, 0.1) is 12.5 Å². The number of carbonyl (C=O) groups is 1. The fraction of sp³-hybridized carbons (Fsp3) is 0.312. The van der Waals surface area contributed by atoms with Crippen LogP contribution in [0.1, 0.15) is 29.9 Å². The van der Waals surface area contributed by atoms with E-state index in [1.807, 2.05) is 54.8 Å². The van der Waals surface area contributed by atoms with Crippen molar-refractivity contribution in [2.24, 2.45) is 0 Å². The van der Waals surface area contributed by atoms with Crippen LogP contribution in [-0.4, -0.2) is 17.1 Å². The number of amides is 1. The molecule has 3 nitrogen and oxygen atoms in total. The lowest BCUT2D eigenvalue weighted by molar-refractivity contribution is -0.121. The fourth-order valence-electron chi connectivity index (χ4n) is 2.10. The Morgan fingerprint density at radius 3 is 2.65 bits per heavy atom. The van der Waals surface area contributed by atoms with E-state index in [1.165, 1.54) is 0 Å². The predicted molar refractivity (Wildman–Crippen MR) is 81.6 cm³/mol. The van der Waals surface area contributed by atoms with Crippen molar-refractivity contribution < 1.29 is 9.90 Å². The molecule has 0 aliphatic heterocycles. The molecule has 20 heavy (non-hydrogen) atoms. The van der Waals surface area contributed by atoms with E-state index in [1.54, 1.807) is 11.3 Å². The van der Waals surface area contributed by atoms with Crippen molar-refractivity contribution >= 4 is 17.2 Å². The number of hydrogen-bond acceptors (Lipinski definition) is 3. The third-order valence-electron chi connectivity index (χ3n) is 3.08. The monoisotopic (exact) mass is 289 g/mol. The van der Waals surface area contributed by atoms with Crippen molar-refractivity contribution in [3.63, 3.8) is 0 Å². The molecule has 1 aromatic carbocycles. The van der Waals surface area contributed by atoms with E-state index in [-0.39, 0.29) is 11.9 Å². The van der Waals surface area contributed by atoms with Gasteiger partial charge in [0.2, 0.25) is 5.91 Å². The normalized spacial score (nSPS) is 13.7. The van der Waals surface area contributed by atoms with Crippen LogP contribution >= 0.6 is 11.3 Å². The van der Waals surface area contributed by atoms with Crippen molar-refractivity contribution in [3.05, 3.63) is 58.3 Å². The summed E-state index contributed by atoms with van der Waals surface area (Å²) in [5, 5.41) is 15.0. The summed E-state index contributed by atoms with van der Waals surface area (Å²) in [5.41, 5.74) is 0.881. The number of benzene rings is 1. The van der Waals surface area contributed by atoms with Crippen molar-refractivity contribution in [1.29, 1.82) is 0 Å². The lowest BCUT2D eigenvalue weighted by atomic mass is 10.0. The Bertz CT molecular complexity index is 525. The van der Waals surface area contributed by atoms with Crippen molar-refractivity contribution in [1.82, 2.24) is 5.32 Å². The maximum absolute atomic E-state index is 11.9. The number of nitrogens with one attached hydrogen (secondary N) is 1. The molecule has 0 unspecified atom stereocenters. The number of thiophene rings is 1. The molecule has 1 amide bonds. The first-order chi connectivity index (χ1) is 9.65. The van der Waals surface area contributed by atoms with Gasteiger partial charge in [0.25, 0.3) is 0 Å². The number of aliphatic hydroxyl groups excluding tert-OH is 1. The van der Waals surface area contributed by atoms with Gasteiger partial charge in [-0.3, -0.25) is 4.79 Å². The van der Waals surface area contributed by atoms with Gasteiger partial charge in [0, 0.05) is 10.9 Å². The van der Waals surface area contributed by atoms with Crippen LogP contribution in [0.3, 0.4) is 0 Å². The van der Waals surface area contributed by atoms with Crippen LogP contribution < -0.4 is 5.32 Å². The van der Waals surface area contributed by atoms with E-state index in [9.17, 15) is 9.90 Å². The van der Waals surface area contributed by atoms with Gasteiger partial charge in [-0.2, -0.15) is 0 Å². The zero-order chi connectivity index (χ0) is 14.4. The van der Waals surface area contributed by atoms with E-state index in [0.29, 0.717) is 12.8 Å². The molecule has 0 saturated heterocycles. The number of hydrogen-bond donors (Lipinski definition) is 2. The highest BCUT2D eigenvalue weighted by Crippen LogP contribution is 2.17. The molecular weight excluding hydrogens is 270 g/mol. The van der Waals surface area contributed by atoms with E-state index < -0.39 is 6.10 Å². The third kappa shape index (κ3) is 4.47. The Hall–Kier alpha value is -1.65. The second-order valence-electron chi connectivity index (χ2n) is 4.89. The first-order valence-corrected chi connectivity index (χ1v) is 7.58. The molecule has 0 saturated carbocycles. The van der Waals surface area contributed by atoms with Crippen LogP contribution in [0, 0.1) is 0 Å². The van der Waals surface area contributed by atoms with Crippen LogP contribution in [0.15, 0.2) is 47.8 Å². The zero-order valence-electron chi connectivity index (χ0n) is 11.5. The Morgan fingerprint density at radius 2 is 2.00 bits per heavy atom. The number of rotatable bonds is 6. The largest absolute Gasteiger partial charge is 0.388 e. The second-order valence-corrected chi connectivity index (χ2v) is 5.92. The van der Waals surface area contributed by atoms with Gasteiger partial charge in [-0.15, -0.1) is 11.3 Å². The van der Waals surface area contributed by atoms with Crippen LogP contribution in [0.25, 0.3) is 0 Å². The Balaban J connectivity index is 1.80. The minimum atomic E-state index is -0.548. The summed E-state index contributed by atoms with van der Waals surface area (Å²) in [6.45, 7) is 1.92. The standard InChI is InChI=1S/C16H19NO2S/c1-12(10-15(18)13-6-3-2-4-7-13)17-16(19)11-14-8-5-9-20-14/h2-9,12,15,18H,10-11H2,1H3,(H,17,19)/t12-,15+/m0/s1. The molecule has 0 aliphatic carbocycles. The molecule has 2 atom stereocenters. The van der Waals surface area contributed by atoms with Gasteiger partial charge in [-0.1, -0.05) is 36.4 Å². The summed E-state index contributed by atoms with van der Waals surface area (Å²) >= 11 is 1.58. The van der Waals surface area contributed by atoms with E-state index in [2.05, 4.69) is 5.32 Å². The van der Waals surface area contributed by atoms with Crippen LogP contribution in [0.2, 0.25) is 0 Å². The van der Waals surface area contributed by atoms with Gasteiger partial charge >= 0.3 is 0 Å². The van der Waals surface area contributed by atoms with Crippen molar-refractivity contribution in [2.45, 2.75) is 31.9 Å². The Kier molecular flexibility index (Phi) is 5.32. The summed E-state index contributed by atoms with van der Waals surface area (Å²) in [4.78, 5) is 12.9. The van der Waals surface area contributed by atoms with Crippen molar-refractivity contribution in [2.75, 3.05) is 0 Å². The SMILES string of the molecule is C[C@@H](C[C@@H](O)c1ccccc1)NC(=O)Cc1cccs1. The van der Waals surface area contributed by atoms with E-state index in [0.717, 1.165) is 10.4 Å². The lowest BCUT2D eigenvalue weighted by Gasteiger charge is -2.18. The first kappa shape index (κ1) is 14.8. The Labute approximate surface area is 123 Å². The molecule has 2 rings (SSSR count). The molecular formula is C16H19NO2S. The second kappa shape index (κ2) is 7.22. The Morgan fingerprint density at radius 1 is 1.25 bits per heavy atom. The van der Waals surface area contributed by atoms with Gasteiger partial charge in [0.15, 0.2) is 0 Å². The third-order valence-corrected chi connectivity index (χ3v) is 3.96. The highest BCUT2D eigenvalue weighted by molar-refractivity contribution is 7.10. The molecule has 0 aliphatic rings. The summed E-state index contributed by atoms with van der Waals surface area (Å²) in [5.74, 6) is 0.000196. The predicted octanol–water partition coefficient (Wildman–Crippen LogP) is 2.92. The fourth-order valence-corrected chi connectivity index (χ4v) is 2.81. The first-order valence-electron chi connectivity index (χ1n) is 6.70. The van der Waals surface area contributed by atoms with Gasteiger partial charge in [-0.25, -0.2) is 0 Å². The lowest BCUT2D eigenvalue weighted by Crippen LogP contribution is -2.34. The smallest absolute Gasteiger partial charge is 0.225 e. The topological polar surface area (TPSA) is 49.3 Å². The maximum Gasteiger partial charge on any atom is 0.225 e. The van der Waals surface area contributed by atoms with Crippen LogP contribution in [0.5, 0.6) is 0 Å². The molecule has 0 bridgehead atoms. The molecule has 1 aromatic heterocycles. The summed E-state index contributed by atoms with van der Waals surface area (Å²) in [6.07, 6.45) is 0.372. The van der Waals surface area contributed by atoms with Crippen LogP contribution in [0.4, 0.5) is 0 Å². The molecule has 0 fully saturated rings. The highest BCUT2D eigenvalue weighted by Gasteiger charge is 2.14. The molecule has 2 aromatic rings. The number of aliphatic hydroxyl groups is 1. The molecule has 1 heterocycles. The molecule has 4 heteroatoms. The number of carbonyl (C=O) groups excluding carboxylic acids is 1. The molecule has 2 N–H and O–H groups in total. The summed E-state index contributed by atoms with van der Waals surface area (Å²) < 4.78 is 0. The van der Waals surface area contributed by atoms with Gasteiger partial charge in [-0.05, 0) is 30.4 Å². The maximum atomic E-state index is 11.9. The summed E-state index contributed by atoms with van der Waals surface area (Å²) in [7, 11) is 0. The summed E-state index contributed by atoms with van der Waals surface area (Å²) in [6, 6.07) is 13.3. The van der Waals surface area contributed by atoms with Crippen LogP contribution in [-0.2, 0) is 11.2 Å². The molecule has 106 valence electrons. The van der Waals surface area contributed by atoms with Gasteiger partial charge in [0.1, 0.15) is 0 Å². The zero-order valence-corrected chi connectivity index (χ0v) is 12.3. The average molecular weight is 289 g/mol. The quantitative estimate of drug-likeness (QED) is 0.859. The van der Waals surface area contributed by atoms with E-state index >= 15 is 0 Å². The average Bonchev–Trinajstić information content (AvgIpc) is 2.92. The molecule has 0 radical (unpaired) electrons. The molecule has 0 spiro atoms. The van der Waals surface area contributed by atoms with Crippen molar-refractivity contribution in [3.8, 4) is 0 Å². The minimum Gasteiger partial charge on any atom is -0.388 e. The van der Waals surface area contributed by atoms with Gasteiger partial charge < -0.3 is 10.4 Å². The minimum absolute atomic E-state index is 0.000196.